The van der Waals surface area contributed by atoms with E-state index in [1.807, 2.05) is 42.5 Å². The molecule has 0 atom stereocenters. The second-order valence-electron chi connectivity index (χ2n) is 3.91. The number of benzene rings is 2. The molecule has 0 fully saturated rings. The molecule has 3 N–H and O–H groups in total. The molecule has 0 heterocycles. The molecule has 3 nitrogen and oxygen atoms in total. The maximum absolute atomic E-state index is 5.73. The molecule has 0 radical (unpaired) electrons. The summed E-state index contributed by atoms with van der Waals surface area (Å²) in [7, 11) is 1.63. The predicted molar refractivity (Wildman–Crippen MR) is 91.3 cm³/mol. The summed E-state index contributed by atoms with van der Waals surface area (Å²) in [5.74, 6) is 0.757. The summed E-state index contributed by atoms with van der Waals surface area (Å²) in [5.41, 5.74) is 8.35. The number of rotatable bonds is 4. The highest BCUT2D eigenvalue weighted by Crippen LogP contribution is 2.26. The van der Waals surface area contributed by atoms with Crippen LogP contribution in [0.15, 0.2) is 42.5 Å². The average molecular weight is 384 g/mol. The maximum atomic E-state index is 5.73. The van der Waals surface area contributed by atoms with Gasteiger partial charge in [0.1, 0.15) is 10.7 Å². The van der Waals surface area contributed by atoms with Gasteiger partial charge < -0.3 is 15.8 Å². The van der Waals surface area contributed by atoms with Gasteiger partial charge in [0.15, 0.2) is 0 Å². The number of anilines is 2. The number of hydrogen-bond acceptors (Lipinski definition) is 3. The van der Waals surface area contributed by atoms with Gasteiger partial charge in [0.25, 0.3) is 0 Å². The fourth-order valence-electron chi connectivity index (χ4n) is 1.66. The van der Waals surface area contributed by atoms with Crippen molar-refractivity contribution in [2.24, 2.45) is 5.73 Å². The first kappa shape index (κ1) is 14.1. The summed E-state index contributed by atoms with van der Waals surface area (Å²) >= 11 is 7.33. The minimum Gasteiger partial charge on any atom is -0.497 e. The normalized spacial score (nSPS) is 10.0. The number of halogens is 1. The van der Waals surface area contributed by atoms with Crippen molar-refractivity contribution in [3.8, 4) is 5.75 Å². The number of nitrogens with one attached hydrogen (secondary N) is 1. The maximum Gasteiger partial charge on any atom is 0.120 e. The minimum absolute atomic E-state index is 0.357. The van der Waals surface area contributed by atoms with Gasteiger partial charge in [-0.15, -0.1) is 0 Å². The van der Waals surface area contributed by atoms with Crippen molar-refractivity contribution < 1.29 is 4.74 Å². The van der Waals surface area contributed by atoms with Crippen LogP contribution in [0.4, 0.5) is 11.4 Å². The van der Waals surface area contributed by atoms with E-state index in [0.717, 1.165) is 22.7 Å². The lowest BCUT2D eigenvalue weighted by molar-refractivity contribution is 0.415. The monoisotopic (exact) mass is 384 g/mol. The van der Waals surface area contributed by atoms with Crippen LogP contribution in [0.3, 0.4) is 0 Å². The second kappa shape index (κ2) is 6.21. The third kappa shape index (κ3) is 3.57. The number of hydrogen-bond donors (Lipinski definition) is 2. The van der Waals surface area contributed by atoms with Gasteiger partial charge >= 0.3 is 0 Å². The lowest BCUT2D eigenvalue weighted by Gasteiger charge is -2.13. The lowest BCUT2D eigenvalue weighted by Crippen LogP contribution is -2.12. The lowest BCUT2D eigenvalue weighted by atomic mass is 10.1. The van der Waals surface area contributed by atoms with Crippen molar-refractivity contribution in [2.45, 2.75) is 0 Å². The highest BCUT2D eigenvalue weighted by atomic mass is 127. The van der Waals surface area contributed by atoms with E-state index in [-0.39, 0.29) is 0 Å². The van der Waals surface area contributed by atoms with Gasteiger partial charge in [-0.25, -0.2) is 0 Å². The number of methoxy groups -OCH3 is 1. The molecule has 2 aromatic carbocycles. The predicted octanol–water partition coefficient (Wildman–Crippen LogP) is 3.68. The van der Waals surface area contributed by atoms with Gasteiger partial charge in [-0.2, -0.15) is 0 Å². The van der Waals surface area contributed by atoms with E-state index < -0.39 is 0 Å². The van der Waals surface area contributed by atoms with E-state index >= 15 is 0 Å². The molecule has 0 aliphatic carbocycles. The Morgan fingerprint density at radius 3 is 2.47 bits per heavy atom. The third-order valence-electron chi connectivity index (χ3n) is 2.62. The SMILES string of the molecule is COc1ccc(C(N)=S)c(Nc2ccc(I)cc2)c1. The molecule has 0 saturated heterocycles. The van der Waals surface area contributed by atoms with E-state index in [0.29, 0.717) is 4.99 Å². The van der Waals surface area contributed by atoms with Crippen molar-refractivity contribution in [1.29, 1.82) is 0 Å². The standard InChI is InChI=1S/C14H13IN2OS/c1-18-11-6-7-12(14(16)19)13(8-11)17-10-4-2-9(15)3-5-10/h2-8,17H,1H3,(H2,16,19). The Bertz CT molecular complexity index is 599. The molecule has 0 spiro atoms. The highest BCUT2D eigenvalue weighted by Gasteiger charge is 2.07. The average Bonchev–Trinajstić information content (AvgIpc) is 2.41. The fourth-order valence-corrected chi connectivity index (χ4v) is 2.19. The van der Waals surface area contributed by atoms with E-state index in [1.165, 1.54) is 3.57 Å². The molecule has 0 bridgehead atoms. The Morgan fingerprint density at radius 2 is 1.89 bits per heavy atom. The van der Waals surface area contributed by atoms with Crippen molar-refractivity contribution in [3.05, 3.63) is 51.6 Å². The van der Waals surface area contributed by atoms with Gasteiger partial charge in [0, 0.05) is 20.9 Å². The summed E-state index contributed by atoms with van der Waals surface area (Å²) in [6.45, 7) is 0. The fraction of sp³-hybridized carbons (Fsp3) is 0.0714. The van der Waals surface area contributed by atoms with Crippen LogP contribution < -0.4 is 15.8 Å². The summed E-state index contributed by atoms with van der Waals surface area (Å²) in [4.78, 5) is 0.357. The van der Waals surface area contributed by atoms with Crippen LogP contribution in [0.25, 0.3) is 0 Å². The Hall–Kier alpha value is -1.34. The molecule has 0 aromatic heterocycles. The zero-order chi connectivity index (χ0) is 13.8. The molecule has 2 aromatic rings. The smallest absolute Gasteiger partial charge is 0.120 e. The van der Waals surface area contributed by atoms with E-state index in [1.54, 1.807) is 7.11 Å². The van der Waals surface area contributed by atoms with Crippen LogP contribution in [-0.4, -0.2) is 12.1 Å². The van der Waals surface area contributed by atoms with Crippen molar-refractivity contribution in [3.63, 3.8) is 0 Å². The topological polar surface area (TPSA) is 47.3 Å². The van der Waals surface area contributed by atoms with Gasteiger partial charge in [-0.3, -0.25) is 0 Å². The number of nitrogens with two attached hydrogens (primary N) is 1. The molecule has 0 amide bonds. The number of thiocarbonyl (C=S) groups is 1. The first-order chi connectivity index (χ1) is 9.10. The summed E-state index contributed by atoms with van der Waals surface area (Å²) in [5, 5.41) is 3.30. The van der Waals surface area contributed by atoms with E-state index in [4.69, 9.17) is 22.7 Å². The minimum atomic E-state index is 0.357. The van der Waals surface area contributed by atoms with Gasteiger partial charge in [0.05, 0.1) is 12.8 Å². The molecule has 19 heavy (non-hydrogen) atoms. The Balaban J connectivity index is 2.36. The first-order valence-electron chi connectivity index (χ1n) is 5.60. The quantitative estimate of drug-likeness (QED) is 0.624. The number of ether oxygens (including phenoxy) is 1. The van der Waals surface area contributed by atoms with Crippen LogP contribution in [0.1, 0.15) is 5.56 Å². The van der Waals surface area contributed by atoms with E-state index in [2.05, 4.69) is 27.9 Å². The van der Waals surface area contributed by atoms with Gasteiger partial charge in [-0.1, -0.05) is 12.2 Å². The van der Waals surface area contributed by atoms with Crippen LogP contribution in [0.5, 0.6) is 5.75 Å². The van der Waals surface area contributed by atoms with Gasteiger partial charge in [0.2, 0.25) is 0 Å². The summed E-state index contributed by atoms with van der Waals surface area (Å²) in [6, 6.07) is 13.7. The van der Waals surface area contributed by atoms with E-state index in [9.17, 15) is 0 Å². The van der Waals surface area contributed by atoms with Crippen LogP contribution in [-0.2, 0) is 0 Å². The Morgan fingerprint density at radius 1 is 1.21 bits per heavy atom. The summed E-state index contributed by atoms with van der Waals surface area (Å²) in [6.07, 6.45) is 0. The first-order valence-corrected chi connectivity index (χ1v) is 7.09. The molecule has 98 valence electrons. The van der Waals surface area contributed by atoms with Crippen molar-refractivity contribution in [2.75, 3.05) is 12.4 Å². The second-order valence-corrected chi connectivity index (χ2v) is 5.59. The van der Waals surface area contributed by atoms with Gasteiger partial charge in [-0.05, 0) is 59.0 Å². The van der Waals surface area contributed by atoms with Crippen molar-refractivity contribution >= 4 is 51.2 Å². The van der Waals surface area contributed by atoms with Crippen LogP contribution >= 0.6 is 34.8 Å². The molecular formula is C14H13IN2OS. The molecular weight excluding hydrogens is 371 g/mol. The Kier molecular flexibility index (Phi) is 4.60. The molecule has 0 aliphatic rings. The molecule has 5 heteroatoms. The van der Waals surface area contributed by atoms with Crippen LogP contribution in [0, 0.1) is 3.57 Å². The van der Waals surface area contributed by atoms with Crippen LogP contribution in [0.2, 0.25) is 0 Å². The third-order valence-corrected chi connectivity index (χ3v) is 3.55. The molecule has 0 unspecified atom stereocenters. The van der Waals surface area contributed by atoms with Crippen molar-refractivity contribution in [1.82, 2.24) is 0 Å². The zero-order valence-electron chi connectivity index (χ0n) is 10.3. The summed E-state index contributed by atoms with van der Waals surface area (Å²) < 4.78 is 6.40. The Labute approximate surface area is 131 Å². The zero-order valence-corrected chi connectivity index (χ0v) is 13.3. The molecule has 2 rings (SSSR count). The molecule has 0 aliphatic heterocycles. The highest BCUT2D eigenvalue weighted by molar-refractivity contribution is 14.1. The largest absolute Gasteiger partial charge is 0.497 e. The molecule has 0 saturated carbocycles.